The number of methoxy groups -OCH3 is 1. The monoisotopic (exact) mass is 353 g/mol. The van der Waals surface area contributed by atoms with Crippen LogP contribution in [0.5, 0.6) is 5.75 Å². The number of likely N-dealkylation sites (tertiary alicyclic amines) is 1. The average molecular weight is 354 g/mol. The number of rotatable bonds is 7. The fourth-order valence-electron chi connectivity index (χ4n) is 2.96. The van der Waals surface area contributed by atoms with Crippen LogP contribution in [0.1, 0.15) is 37.7 Å². The number of carbonyl (C=O) groups is 1. The summed E-state index contributed by atoms with van der Waals surface area (Å²) in [5.74, 6) is 1.17. The van der Waals surface area contributed by atoms with Crippen LogP contribution in [0.25, 0.3) is 0 Å². The summed E-state index contributed by atoms with van der Waals surface area (Å²) in [6.07, 6.45) is 6.01. The summed E-state index contributed by atoms with van der Waals surface area (Å²) < 4.78 is 5.15. The first-order chi connectivity index (χ1) is 10.2. The van der Waals surface area contributed by atoms with E-state index >= 15 is 0 Å². The lowest BCUT2D eigenvalue weighted by Gasteiger charge is -2.24. The van der Waals surface area contributed by atoms with Gasteiger partial charge in [0.25, 0.3) is 0 Å². The molecule has 1 amide bonds. The molecule has 0 radical (unpaired) electrons. The first-order valence-electron chi connectivity index (χ1n) is 7.73. The van der Waals surface area contributed by atoms with Crippen molar-refractivity contribution in [1.29, 1.82) is 0 Å². The molecular formula is C17H24BrNO2. The van der Waals surface area contributed by atoms with Gasteiger partial charge in [-0.3, -0.25) is 4.79 Å². The van der Waals surface area contributed by atoms with Gasteiger partial charge in [0.2, 0.25) is 5.91 Å². The number of halogens is 1. The van der Waals surface area contributed by atoms with Crippen LogP contribution in [-0.2, 0) is 11.2 Å². The molecule has 1 atom stereocenters. The van der Waals surface area contributed by atoms with Crippen molar-refractivity contribution in [1.82, 2.24) is 4.90 Å². The maximum Gasteiger partial charge on any atom is 0.223 e. The molecule has 1 heterocycles. The van der Waals surface area contributed by atoms with E-state index in [1.807, 2.05) is 24.3 Å². The maximum atomic E-state index is 12.4. The smallest absolute Gasteiger partial charge is 0.223 e. The second kappa shape index (κ2) is 8.42. The van der Waals surface area contributed by atoms with Gasteiger partial charge in [0, 0.05) is 24.3 Å². The highest BCUT2D eigenvalue weighted by atomic mass is 79.9. The van der Waals surface area contributed by atoms with Gasteiger partial charge in [-0.1, -0.05) is 28.1 Å². The highest BCUT2D eigenvalue weighted by Crippen LogP contribution is 2.23. The second-order valence-electron chi connectivity index (χ2n) is 5.56. The van der Waals surface area contributed by atoms with Crippen molar-refractivity contribution in [3.05, 3.63) is 29.8 Å². The molecule has 0 aliphatic carbocycles. The van der Waals surface area contributed by atoms with E-state index in [4.69, 9.17) is 4.74 Å². The Morgan fingerprint density at radius 2 is 2.14 bits per heavy atom. The van der Waals surface area contributed by atoms with E-state index < -0.39 is 0 Å². The number of aryl methyl sites for hydroxylation is 1. The molecule has 21 heavy (non-hydrogen) atoms. The first kappa shape index (κ1) is 16.3. The first-order valence-corrected chi connectivity index (χ1v) is 8.85. The van der Waals surface area contributed by atoms with Crippen molar-refractivity contribution < 1.29 is 9.53 Å². The fraction of sp³-hybridized carbons (Fsp3) is 0.588. The number of alkyl halides is 1. The Morgan fingerprint density at radius 3 is 2.81 bits per heavy atom. The van der Waals surface area contributed by atoms with E-state index in [0.29, 0.717) is 18.4 Å². The Kier molecular flexibility index (Phi) is 6.55. The average Bonchev–Trinajstić information content (AvgIpc) is 2.99. The number of nitrogens with zero attached hydrogens (tertiary/aromatic N) is 1. The number of hydrogen-bond donors (Lipinski definition) is 0. The normalized spacial score (nSPS) is 18.0. The summed E-state index contributed by atoms with van der Waals surface area (Å²) in [4.78, 5) is 14.5. The SMILES string of the molecule is COc1ccc(CCC(=O)N2CCCC2CCCBr)cc1. The lowest BCUT2D eigenvalue weighted by Crippen LogP contribution is -2.35. The molecule has 0 bridgehead atoms. The number of carbonyl (C=O) groups excluding carboxylic acids is 1. The minimum absolute atomic E-state index is 0.308. The molecule has 1 aliphatic heterocycles. The summed E-state index contributed by atoms with van der Waals surface area (Å²) in [6, 6.07) is 8.45. The van der Waals surface area contributed by atoms with E-state index in [0.717, 1.165) is 43.3 Å². The van der Waals surface area contributed by atoms with Gasteiger partial charge in [0.15, 0.2) is 0 Å². The molecule has 3 nitrogen and oxygen atoms in total. The minimum Gasteiger partial charge on any atom is -0.497 e. The lowest BCUT2D eigenvalue weighted by atomic mass is 10.1. The Labute approximate surface area is 135 Å². The number of benzene rings is 1. The zero-order valence-corrected chi connectivity index (χ0v) is 14.3. The Balaban J connectivity index is 1.82. The van der Waals surface area contributed by atoms with Gasteiger partial charge < -0.3 is 9.64 Å². The molecule has 0 aromatic heterocycles. The van der Waals surface area contributed by atoms with Crippen LogP contribution in [0, 0.1) is 0 Å². The van der Waals surface area contributed by atoms with E-state index in [1.54, 1.807) is 7.11 Å². The van der Waals surface area contributed by atoms with Crippen molar-refractivity contribution in [2.24, 2.45) is 0 Å². The molecule has 0 saturated carbocycles. The third-order valence-corrected chi connectivity index (χ3v) is 4.72. The van der Waals surface area contributed by atoms with Gasteiger partial charge in [-0.05, 0) is 49.8 Å². The third kappa shape index (κ3) is 4.73. The van der Waals surface area contributed by atoms with Gasteiger partial charge in [-0.15, -0.1) is 0 Å². The summed E-state index contributed by atoms with van der Waals surface area (Å²) in [5, 5.41) is 1.03. The molecule has 1 aromatic rings. The summed E-state index contributed by atoms with van der Waals surface area (Å²) >= 11 is 3.47. The molecule has 1 aliphatic rings. The summed E-state index contributed by atoms with van der Waals surface area (Å²) in [7, 11) is 1.67. The van der Waals surface area contributed by atoms with Crippen molar-refractivity contribution in [2.75, 3.05) is 19.0 Å². The minimum atomic E-state index is 0.308. The van der Waals surface area contributed by atoms with Crippen molar-refractivity contribution in [3.63, 3.8) is 0 Å². The molecule has 0 spiro atoms. The molecule has 2 rings (SSSR count). The molecule has 1 saturated heterocycles. The van der Waals surface area contributed by atoms with Gasteiger partial charge in [0.1, 0.15) is 5.75 Å². The van der Waals surface area contributed by atoms with Crippen LogP contribution >= 0.6 is 15.9 Å². The van der Waals surface area contributed by atoms with Crippen molar-refractivity contribution >= 4 is 21.8 Å². The second-order valence-corrected chi connectivity index (χ2v) is 6.36. The Hall–Kier alpha value is -1.03. The Morgan fingerprint density at radius 1 is 1.38 bits per heavy atom. The standard InChI is InChI=1S/C17H24BrNO2/c1-21-16-9-6-14(7-10-16)8-11-17(20)19-13-3-5-15(19)4-2-12-18/h6-7,9-10,15H,2-5,8,11-13H2,1H3. The van der Waals surface area contributed by atoms with E-state index in [1.165, 1.54) is 12.0 Å². The van der Waals surface area contributed by atoms with E-state index in [2.05, 4.69) is 20.8 Å². The predicted octanol–water partition coefficient (Wildman–Crippen LogP) is 3.79. The molecular weight excluding hydrogens is 330 g/mol. The quantitative estimate of drug-likeness (QED) is 0.697. The lowest BCUT2D eigenvalue weighted by molar-refractivity contribution is -0.132. The van der Waals surface area contributed by atoms with Gasteiger partial charge >= 0.3 is 0 Å². The molecule has 4 heteroatoms. The highest BCUT2D eigenvalue weighted by molar-refractivity contribution is 9.09. The zero-order valence-electron chi connectivity index (χ0n) is 12.7. The zero-order chi connectivity index (χ0) is 15.1. The van der Waals surface area contributed by atoms with Gasteiger partial charge in [0.05, 0.1) is 7.11 Å². The highest BCUT2D eigenvalue weighted by Gasteiger charge is 2.27. The van der Waals surface area contributed by atoms with Crippen LogP contribution in [0.15, 0.2) is 24.3 Å². The molecule has 0 N–H and O–H groups in total. The van der Waals surface area contributed by atoms with Crippen LogP contribution in [0.2, 0.25) is 0 Å². The molecule has 1 aromatic carbocycles. The summed E-state index contributed by atoms with van der Waals surface area (Å²) in [5.41, 5.74) is 1.19. The van der Waals surface area contributed by atoms with E-state index in [-0.39, 0.29) is 0 Å². The number of amides is 1. The van der Waals surface area contributed by atoms with Crippen molar-refractivity contribution in [3.8, 4) is 5.75 Å². The van der Waals surface area contributed by atoms with Gasteiger partial charge in [-0.25, -0.2) is 0 Å². The van der Waals surface area contributed by atoms with Crippen LogP contribution in [0.4, 0.5) is 0 Å². The summed E-state index contributed by atoms with van der Waals surface area (Å²) in [6.45, 7) is 0.939. The molecule has 1 unspecified atom stereocenters. The third-order valence-electron chi connectivity index (χ3n) is 4.16. The largest absolute Gasteiger partial charge is 0.497 e. The number of ether oxygens (including phenoxy) is 1. The maximum absolute atomic E-state index is 12.4. The predicted molar refractivity (Wildman–Crippen MR) is 89.1 cm³/mol. The van der Waals surface area contributed by atoms with E-state index in [9.17, 15) is 4.79 Å². The van der Waals surface area contributed by atoms with Crippen LogP contribution in [0.3, 0.4) is 0 Å². The van der Waals surface area contributed by atoms with Gasteiger partial charge in [-0.2, -0.15) is 0 Å². The molecule has 116 valence electrons. The Bertz CT molecular complexity index is 447. The van der Waals surface area contributed by atoms with Crippen LogP contribution < -0.4 is 4.74 Å². The molecule has 1 fully saturated rings. The fourth-order valence-corrected chi connectivity index (χ4v) is 3.29. The van der Waals surface area contributed by atoms with Crippen LogP contribution in [-0.4, -0.2) is 35.8 Å². The van der Waals surface area contributed by atoms with Crippen molar-refractivity contribution in [2.45, 2.75) is 44.6 Å². The number of hydrogen-bond acceptors (Lipinski definition) is 2. The topological polar surface area (TPSA) is 29.5 Å².